The molecule has 3 rings (SSSR count). The lowest BCUT2D eigenvalue weighted by Gasteiger charge is -2.33. The van der Waals surface area contributed by atoms with Crippen molar-refractivity contribution < 1.29 is 14.3 Å². The Kier molecular flexibility index (Phi) is 6.34. The Labute approximate surface area is 166 Å². The first-order valence-corrected chi connectivity index (χ1v) is 9.84. The summed E-state index contributed by atoms with van der Waals surface area (Å²) in [5, 5.41) is 0. The van der Waals surface area contributed by atoms with Gasteiger partial charge in [-0.25, -0.2) is 0 Å². The van der Waals surface area contributed by atoms with Crippen molar-refractivity contribution in [1.29, 1.82) is 0 Å². The Morgan fingerprint density at radius 1 is 1.14 bits per heavy atom. The second-order valence-corrected chi connectivity index (χ2v) is 7.58. The van der Waals surface area contributed by atoms with Crippen LogP contribution >= 0.6 is 0 Å². The molecule has 0 radical (unpaired) electrons. The molecule has 1 aliphatic rings. The van der Waals surface area contributed by atoms with Gasteiger partial charge >= 0.3 is 0 Å². The molecule has 0 aliphatic carbocycles. The SMILES string of the molecule is Cc1ccc(C(N)=O)c(OC(C)C(=O)N2CCC(Cc3ccccc3)CC2)c1. The van der Waals surface area contributed by atoms with E-state index < -0.39 is 12.0 Å². The molecule has 0 spiro atoms. The number of amides is 2. The summed E-state index contributed by atoms with van der Waals surface area (Å²) in [6, 6.07) is 15.7. The lowest BCUT2D eigenvalue weighted by Crippen LogP contribution is -2.45. The standard InChI is InChI=1S/C23H28N2O3/c1-16-8-9-20(22(24)26)21(14-16)28-17(2)23(27)25-12-10-19(11-13-25)15-18-6-4-3-5-7-18/h3-9,14,17,19H,10-13,15H2,1-2H3,(H2,24,26). The van der Waals surface area contributed by atoms with Crippen molar-refractivity contribution >= 4 is 11.8 Å². The second-order valence-electron chi connectivity index (χ2n) is 7.58. The van der Waals surface area contributed by atoms with Crippen LogP contribution in [0.5, 0.6) is 5.75 Å². The molecule has 28 heavy (non-hydrogen) atoms. The number of piperidine rings is 1. The van der Waals surface area contributed by atoms with E-state index in [0.29, 0.717) is 17.2 Å². The van der Waals surface area contributed by atoms with Crippen LogP contribution in [0.1, 0.15) is 41.3 Å². The third kappa shape index (κ3) is 4.91. The summed E-state index contributed by atoms with van der Waals surface area (Å²) in [5.74, 6) is 0.361. The molecule has 0 saturated carbocycles. The monoisotopic (exact) mass is 380 g/mol. The number of nitrogens with two attached hydrogens (primary N) is 1. The predicted octanol–water partition coefficient (Wildman–Crippen LogP) is 3.34. The summed E-state index contributed by atoms with van der Waals surface area (Å²) in [6.07, 6.45) is 2.38. The van der Waals surface area contributed by atoms with Gasteiger partial charge in [-0.15, -0.1) is 0 Å². The van der Waals surface area contributed by atoms with Crippen molar-refractivity contribution in [3.8, 4) is 5.75 Å². The molecule has 2 amide bonds. The van der Waals surface area contributed by atoms with Crippen LogP contribution in [0.4, 0.5) is 0 Å². The predicted molar refractivity (Wildman–Crippen MR) is 109 cm³/mol. The molecule has 1 saturated heterocycles. The van der Waals surface area contributed by atoms with Gasteiger partial charge in [-0.3, -0.25) is 9.59 Å². The summed E-state index contributed by atoms with van der Waals surface area (Å²) in [6.45, 7) is 5.11. The molecule has 2 aromatic carbocycles. The van der Waals surface area contributed by atoms with Gasteiger partial charge in [-0.2, -0.15) is 0 Å². The smallest absolute Gasteiger partial charge is 0.263 e. The van der Waals surface area contributed by atoms with E-state index in [-0.39, 0.29) is 5.91 Å². The molecule has 2 N–H and O–H groups in total. The molecule has 1 aliphatic heterocycles. The molecule has 1 heterocycles. The third-order valence-electron chi connectivity index (χ3n) is 5.35. The number of likely N-dealkylation sites (tertiary alicyclic amines) is 1. The van der Waals surface area contributed by atoms with E-state index in [4.69, 9.17) is 10.5 Å². The van der Waals surface area contributed by atoms with Crippen LogP contribution < -0.4 is 10.5 Å². The number of hydrogen-bond acceptors (Lipinski definition) is 3. The molecule has 5 heteroatoms. The van der Waals surface area contributed by atoms with Crippen molar-refractivity contribution in [2.45, 2.75) is 39.2 Å². The highest BCUT2D eigenvalue weighted by Crippen LogP contribution is 2.24. The minimum atomic E-state index is -0.662. The van der Waals surface area contributed by atoms with Crippen molar-refractivity contribution in [1.82, 2.24) is 4.90 Å². The van der Waals surface area contributed by atoms with E-state index in [0.717, 1.165) is 37.9 Å². The van der Waals surface area contributed by atoms with Crippen LogP contribution in [0.15, 0.2) is 48.5 Å². The topological polar surface area (TPSA) is 72.6 Å². The number of primary amides is 1. The normalized spacial score (nSPS) is 15.9. The van der Waals surface area contributed by atoms with Crippen molar-refractivity contribution in [3.63, 3.8) is 0 Å². The second kappa shape index (κ2) is 8.91. The number of benzene rings is 2. The number of nitrogens with zero attached hydrogens (tertiary/aromatic N) is 1. The van der Waals surface area contributed by atoms with Crippen molar-refractivity contribution in [2.24, 2.45) is 11.7 Å². The minimum Gasteiger partial charge on any atom is -0.480 e. The number of carbonyl (C=O) groups is 2. The Morgan fingerprint density at radius 2 is 1.82 bits per heavy atom. The largest absolute Gasteiger partial charge is 0.480 e. The van der Waals surface area contributed by atoms with Crippen LogP contribution in [0.3, 0.4) is 0 Å². The third-order valence-corrected chi connectivity index (χ3v) is 5.35. The lowest BCUT2D eigenvalue weighted by atomic mass is 9.90. The number of ether oxygens (including phenoxy) is 1. The Balaban J connectivity index is 1.56. The molecule has 2 aromatic rings. The maximum absolute atomic E-state index is 12.8. The Hall–Kier alpha value is -2.82. The van der Waals surface area contributed by atoms with Gasteiger partial charge in [0.15, 0.2) is 6.10 Å². The highest BCUT2D eigenvalue weighted by molar-refractivity contribution is 5.96. The average molecular weight is 380 g/mol. The van der Waals surface area contributed by atoms with Gasteiger partial charge in [0, 0.05) is 13.1 Å². The van der Waals surface area contributed by atoms with E-state index in [2.05, 4.69) is 24.3 Å². The fourth-order valence-electron chi connectivity index (χ4n) is 3.73. The van der Waals surface area contributed by atoms with Gasteiger partial charge in [0.25, 0.3) is 11.8 Å². The van der Waals surface area contributed by atoms with Crippen molar-refractivity contribution in [2.75, 3.05) is 13.1 Å². The van der Waals surface area contributed by atoms with Gasteiger partial charge < -0.3 is 15.4 Å². The van der Waals surface area contributed by atoms with Gasteiger partial charge in [-0.1, -0.05) is 36.4 Å². The molecule has 0 aromatic heterocycles. The van der Waals surface area contributed by atoms with Crippen LogP contribution in [0.25, 0.3) is 0 Å². The molecule has 5 nitrogen and oxygen atoms in total. The first-order chi connectivity index (χ1) is 13.4. The number of rotatable bonds is 6. The van der Waals surface area contributed by atoms with Crippen LogP contribution in [0.2, 0.25) is 0 Å². The number of hydrogen-bond donors (Lipinski definition) is 1. The molecule has 1 fully saturated rings. The highest BCUT2D eigenvalue weighted by Gasteiger charge is 2.27. The summed E-state index contributed by atoms with van der Waals surface area (Å²) in [5.41, 5.74) is 8.02. The molecular weight excluding hydrogens is 352 g/mol. The summed E-state index contributed by atoms with van der Waals surface area (Å²) >= 11 is 0. The van der Waals surface area contributed by atoms with Crippen LogP contribution in [-0.2, 0) is 11.2 Å². The quantitative estimate of drug-likeness (QED) is 0.835. The van der Waals surface area contributed by atoms with Gasteiger partial charge in [0.2, 0.25) is 0 Å². The fourth-order valence-corrected chi connectivity index (χ4v) is 3.73. The van der Waals surface area contributed by atoms with E-state index >= 15 is 0 Å². The molecular formula is C23H28N2O3. The van der Waals surface area contributed by atoms with E-state index in [9.17, 15) is 9.59 Å². The van der Waals surface area contributed by atoms with Crippen molar-refractivity contribution in [3.05, 3.63) is 65.2 Å². The summed E-state index contributed by atoms with van der Waals surface area (Å²) in [7, 11) is 0. The van der Waals surface area contributed by atoms with Gasteiger partial charge in [0.05, 0.1) is 5.56 Å². The number of aryl methyl sites for hydroxylation is 1. The molecule has 0 bridgehead atoms. The Morgan fingerprint density at radius 3 is 2.46 bits per heavy atom. The van der Waals surface area contributed by atoms with E-state index in [1.807, 2.05) is 17.9 Å². The molecule has 1 atom stereocenters. The van der Waals surface area contributed by atoms with Crippen LogP contribution in [-0.4, -0.2) is 35.9 Å². The number of carbonyl (C=O) groups excluding carboxylic acids is 2. The first kappa shape index (κ1) is 19.9. The van der Waals surface area contributed by atoms with E-state index in [1.165, 1.54) is 5.56 Å². The minimum absolute atomic E-state index is 0.0462. The van der Waals surface area contributed by atoms with E-state index in [1.54, 1.807) is 25.1 Å². The maximum atomic E-state index is 12.8. The highest BCUT2D eigenvalue weighted by atomic mass is 16.5. The summed E-state index contributed by atoms with van der Waals surface area (Å²) in [4.78, 5) is 26.3. The lowest BCUT2D eigenvalue weighted by molar-refractivity contribution is -0.139. The van der Waals surface area contributed by atoms with Gasteiger partial charge in [0.1, 0.15) is 5.75 Å². The average Bonchev–Trinajstić information content (AvgIpc) is 2.68. The van der Waals surface area contributed by atoms with Gasteiger partial charge in [-0.05, 0) is 62.3 Å². The molecule has 148 valence electrons. The molecule has 1 unspecified atom stereocenters. The first-order valence-electron chi connectivity index (χ1n) is 9.84. The fraction of sp³-hybridized carbons (Fsp3) is 0.391. The van der Waals surface area contributed by atoms with Crippen LogP contribution in [0, 0.1) is 12.8 Å². The zero-order valence-corrected chi connectivity index (χ0v) is 16.6. The summed E-state index contributed by atoms with van der Waals surface area (Å²) < 4.78 is 5.83. The maximum Gasteiger partial charge on any atom is 0.263 e. The zero-order chi connectivity index (χ0) is 20.1. The zero-order valence-electron chi connectivity index (χ0n) is 16.6. The Bertz CT molecular complexity index is 827.